The predicted molar refractivity (Wildman–Crippen MR) is 132 cm³/mol. The summed E-state index contributed by atoms with van der Waals surface area (Å²) in [4.78, 5) is 25.5. The number of hydrogen-bond acceptors (Lipinski definition) is 8. The number of amides is 1. The van der Waals surface area contributed by atoms with E-state index < -0.39 is 24.3 Å². The van der Waals surface area contributed by atoms with E-state index >= 15 is 4.39 Å². The van der Waals surface area contributed by atoms with Gasteiger partial charge in [0.25, 0.3) is 0 Å². The zero-order valence-electron chi connectivity index (χ0n) is 20.6. The summed E-state index contributed by atoms with van der Waals surface area (Å²) >= 11 is 0. The number of imidazole rings is 2. The van der Waals surface area contributed by atoms with Crippen LogP contribution < -0.4 is 10.6 Å². The van der Waals surface area contributed by atoms with Crippen molar-refractivity contribution >= 4 is 23.5 Å². The molecule has 4 aliphatic rings. The first kappa shape index (κ1) is 22.7. The lowest BCUT2D eigenvalue weighted by atomic mass is 9.50. The Balaban J connectivity index is 1.07. The van der Waals surface area contributed by atoms with Gasteiger partial charge in [0.05, 0.1) is 24.4 Å². The van der Waals surface area contributed by atoms with Crippen molar-refractivity contribution in [3.63, 3.8) is 0 Å². The molecule has 0 saturated heterocycles. The van der Waals surface area contributed by atoms with Gasteiger partial charge in [-0.25, -0.2) is 24.1 Å². The molecule has 0 aromatic carbocycles. The first-order chi connectivity index (χ1) is 18.4. The molecule has 0 aliphatic heterocycles. The summed E-state index contributed by atoms with van der Waals surface area (Å²) < 4.78 is 24.2. The van der Waals surface area contributed by atoms with E-state index in [1.807, 2.05) is 13.1 Å². The summed E-state index contributed by atoms with van der Waals surface area (Å²) in [6, 6.07) is 3.79. The molecule has 3 N–H and O–H groups in total. The normalized spacial score (nSPS) is 27.4. The fourth-order valence-electron chi connectivity index (χ4n) is 5.94. The van der Waals surface area contributed by atoms with E-state index in [1.54, 1.807) is 33.8 Å². The van der Waals surface area contributed by atoms with Crippen molar-refractivity contribution in [1.29, 1.82) is 5.26 Å². The van der Waals surface area contributed by atoms with Crippen molar-refractivity contribution in [1.82, 2.24) is 39.4 Å². The summed E-state index contributed by atoms with van der Waals surface area (Å²) in [5, 5.41) is 22.7. The molecule has 1 amide bonds. The maximum absolute atomic E-state index is 15.3. The minimum Gasteiger partial charge on any atom is -0.443 e. The highest BCUT2D eigenvalue weighted by Crippen LogP contribution is 2.57. The van der Waals surface area contributed by atoms with Gasteiger partial charge in [-0.15, -0.1) is 0 Å². The highest BCUT2D eigenvalue weighted by molar-refractivity contribution is 5.69. The Hall–Kier alpha value is -4.47. The number of carbonyl (C=O) groups is 1. The first-order valence-corrected chi connectivity index (χ1v) is 12.6. The SMILES string of the molecule is Cc1cn(-c2cnc(Nc3cc([C@@H]4CC[C@H](OC(=O)NC56CC(C5)C6)[C@H]4F)[nH]n3)n3cc(C#N)nc23)cn1. The molecule has 4 fully saturated rings. The van der Waals surface area contributed by atoms with Gasteiger partial charge in [-0.3, -0.25) is 9.50 Å². The van der Waals surface area contributed by atoms with Gasteiger partial charge >= 0.3 is 6.09 Å². The average molecular weight is 517 g/mol. The van der Waals surface area contributed by atoms with Crippen molar-refractivity contribution in [2.45, 2.75) is 62.8 Å². The van der Waals surface area contributed by atoms with Crippen LogP contribution in [-0.4, -0.2) is 58.0 Å². The van der Waals surface area contributed by atoms with Gasteiger partial charge in [-0.2, -0.15) is 10.4 Å². The number of nitriles is 1. The Bertz CT molecular complexity index is 1580. The maximum Gasteiger partial charge on any atom is 0.407 e. The van der Waals surface area contributed by atoms with Gasteiger partial charge in [0.2, 0.25) is 5.95 Å². The number of rotatable bonds is 6. The van der Waals surface area contributed by atoms with Gasteiger partial charge in [0, 0.05) is 29.4 Å². The monoisotopic (exact) mass is 516 g/mol. The molecule has 0 spiro atoms. The van der Waals surface area contributed by atoms with Crippen molar-refractivity contribution in [3.05, 3.63) is 48.1 Å². The number of ether oxygens (including phenoxy) is 1. The number of alkyl carbamates (subject to hydrolysis) is 1. The summed E-state index contributed by atoms with van der Waals surface area (Å²) in [7, 11) is 0. The minimum absolute atomic E-state index is 0.103. The van der Waals surface area contributed by atoms with E-state index in [-0.39, 0.29) is 11.2 Å². The smallest absolute Gasteiger partial charge is 0.407 e. The summed E-state index contributed by atoms with van der Waals surface area (Å²) in [6.07, 6.45) is 8.05. The molecule has 4 aliphatic carbocycles. The second kappa shape index (κ2) is 8.27. The number of aromatic nitrogens is 7. The van der Waals surface area contributed by atoms with Gasteiger partial charge in [0.15, 0.2) is 17.2 Å². The van der Waals surface area contributed by atoms with E-state index in [4.69, 9.17) is 4.74 Å². The third-order valence-electron chi connectivity index (χ3n) is 7.98. The minimum atomic E-state index is -1.34. The second-order valence-electron chi connectivity index (χ2n) is 10.6. The molecule has 4 aromatic rings. The fraction of sp³-hybridized carbons (Fsp3) is 0.440. The molecule has 0 radical (unpaired) electrons. The molecule has 4 saturated carbocycles. The number of nitrogens with one attached hydrogen (secondary N) is 3. The molecule has 3 atom stereocenters. The topological polar surface area (TPSA) is 151 Å². The number of nitrogens with zero attached hydrogens (tertiary/aromatic N) is 7. The fourth-order valence-corrected chi connectivity index (χ4v) is 5.94. The molecular formula is C25H25FN10O2. The lowest BCUT2D eigenvalue weighted by molar-refractivity contribution is -0.0532. The summed E-state index contributed by atoms with van der Waals surface area (Å²) in [5.74, 6) is 1.09. The number of alkyl halides is 1. The number of H-pyrrole nitrogens is 1. The van der Waals surface area contributed by atoms with Crippen molar-refractivity contribution in [2.75, 3.05) is 5.32 Å². The van der Waals surface area contributed by atoms with Gasteiger partial charge in [-0.1, -0.05) is 0 Å². The highest BCUT2D eigenvalue weighted by atomic mass is 19.1. The molecule has 194 valence electrons. The number of carbonyl (C=O) groups excluding carboxylic acids is 1. The Morgan fingerprint density at radius 1 is 1.29 bits per heavy atom. The Morgan fingerprint density at radius 2 is 2.13 bits per heavy atom. The number of halogens is 1. The van der Waals surface area contributed by atoms with Crippen LogP contribution in [0.5, 0.6) is 0 Å². The Labute approximate surface area is 216 Å². The van der Waals surface area contributed by atoms with Crippen LogP contribution in [0.3, 0.4) is 0 Å². The van der Waals surface area contributed by atoms with Crippen LogP contribution in [0.15, 0.2) is 31.0 Å². The number of fused-ring (bicyclic) bond motifs is 1. The van der Waals surface area contributed by atoms with Gasteiger partial charge < -0.3 is 19.9 Å². The zero-order chi connectivity index (χ0) is 26.0. The quantitative estimate of drug-likeness (QED) is 0.353. The summed E-state index contributed by atoms with van der Waals surface area (Å²) in [5.41, 5.74) is 2.75. The third kappa shape index (κ3) is 3.67. The molecule has 4 heterocycles. The molecular weight excluding hydrogens is 491 g/mol. The number of hydrogen-bond donors (Lipinski definition) is 3. The molecule has 2 bridgehead atoms. The molecule has 0 unspecified atom stereocenters. The van der Waals surface area contributed by atoms with E-state index in [0.29, 0.717) is 41.6 Å². The van der Waals surface area contributed by atoms with Crippen LogP contribution >= 0.6 is 0 Å². The maximum atomic E-state index is 15.3. The number of aromatic amines is 1. The van der Waals surface area contributed by atoms with Crippen LogP contribution in [-0.2, 0) is 4.74 Å². The molecule has 8 rings (SSSR count). The van der Waals surface area contributed by atoms with E-state index in [9.17, 15) is 10.1 Å². The van der Waals surface area contributed by atoms with Crippen molar-refractivity contribution < 1.29 is 13.9 Å². The van der Waals surface area contributed by atoms with Gasteiger partial charge in [0.1, 0.15) is 24.0 Å². The molecule has 13 heteroatoms. The standard InChI is InChI=1S/C25H25FN10O2/c1-13-10-35(12-29-13)18-9-28-23(36-11-15(8-27)30-22(18)36)31-20-4-17(33-34-20)16-2-3-19(21(16)26)38-24(37)32-25-5-14(6-25)7-25/h4,9-12,14,16,19,21H,2-3,5-7H2,1H3,(H,32,37)(H2,28,31,33,34)/t14?,16-,19-,21-,25?/m0/s1. The molecule has 12 nitrogen and oxygen atoms in total. The third-order valence-corrected chi connectivity index (χ3v) is 7.98. The predicted octanol–water partition coefficient (Wildman–Crippen LogP) is 3.42. The number of anilines is 2. The lowest BCUT2D eigenvalue weighted by Gasteiger charge is -2.61. The highest BCUT2D eigenvalue weighted by Gasteiger charge is 2.58. The van der Waals surface area contributed by atoms with E-state index in [2.05, 4.69) is 41.9 Å². The average Bonchev–Trinajstić information content (AvgIpc) is 3.64. The number of aryl methyl sites for hydroxylation is 1. The lowest BCUT2D eigenvalue weighted by Crippen LogP contribution is -2.68. The largest absolute Gasteiger partial charge is 0.443 e. The van der Waals surface area contributed by atoms with Crippen LogP contribution in [0.4, 0.5) is 21.0 Å². The van der Waals surface area contributed by atoms with E-state index in [0.717, 1.165) is 30.9 Å². The van der Waals surface area contributed by atoms with E-state index in [1.165, 1.54) is 0 Å². The second-order valence-corrected chi connectivity index (χ2v) is 10.6. The Morgan fingerprint density at radius 3 is 2.84 bits per heavy atom. The van der Waals surface area contributed by atoms with Crippen LogP contribution in [0.2, 0.25) is 0 Å². The van der Waals surface area contributed by atoms with Crippen LogP contribution in [0.1, 0.15) is 55.1 Å². The van der Waals surface area contributed by atoms with Crippen molar-refractivity contribution in [2.24, 2.45) is 5.92 Å². The van der Waals surface area contributed by atoms with Gasteiger partial charge in [-0.05, 0) is 44.9 Å². The molecule has 4 aromatic heterocycles. The Kier molecular flexibility index (Phi) is 4.94. The molecule has 38 heavy (non-hydrogen) atoms. The summed E-state index contributed by atoms with van der Waals surface area (Å²) in [6.45, 7) is 1.88. The van der Waals surface area contributed by atoms with Crippen LogP contribution in [0.25, 0.3) is 11.3 Å². The van der Waals surface area contributed by atoms with Crippen molar-refractivity contribution in [3.8, 4) is 11.8 Å². The van der Waals surface area contributed by atoms with Crippen LogP contribution in [0, 0.1) is 24.2 Å². The zero-order valence-corrected chi connectivity index (χ0v) is 20.6. The first-order valence-electron chi connectivity index (χ1n) is 12.6.